The molecule has 1 heterocycles. The second-order valence-electron chi connectivity index (χ2n) is 2.37. The van der Waals surface area contributed by atoms with Crippen LogP contribution >= 0.6 is 0 Å². The Labute approximate surface area is 85.3 Å². The zero-order valence-electron chi connectivity index (χ0n) is 7.72. The van der Waals surface area contributed by atoms with Crippen LogP contribution < -0.4 is 4.74 Å². The SMILES string of the molecule is COc1ncc([N+](=O)[O-])cc1C#CC#N. The monoisotopic (exact) mass is 203 g/mol. The predicted molar refractivity (Wildman–Crippen MR) is 49.9 cm³/mol. The Hall–Kier alpha value is -2.60. The number of nitriles is 1. The molecule has 0 saturated carbocycles. The van der Waals surface area contributed by atoms with E-state index < -0.39 is 4.92 Å². The van der Waals surface area contributed by atoms with Gasteiger partial charge in [0.1, 0.15) is 6.20 Å². The van der Waals surface area contributed by atoms with Crippen molar-refractivity contribution in [2.24, 2.45) is 0 Å². The first-order valence-corrected chi connectivity index (χ1v) is 3.77. The Balaban J connectivity index is 3.26. The largest absolute Gasteiger partial charge is 0.480 e. The third-order valence-electron chi connectivity index (χ3n) is 1.49. The van der Waals surface area contributed by atoms with Gasteiger partial charge in [-0.25, -0.2) is 4.98 Å². The van der Waals surface area contributed by atoms with Crippen LogP contribution in [0, 0.1) is 33.3 Å². The highest BCUT2D eigenvalue weighted by Crippen LogP contribution is 2.19. The van der Waals surface area contributed by atoms with E-state index in [1.807, 2.05) is 0 Å². The van der Waals surface area contributed by atoms with Gasteiger partial charge in [0, 0.05) is 12.0 Å². The summed E-state index contributed by atoms with van der Waals surface area (Å²) in [5, 5.41) is 18.7. The van der Waals surface area contributed by atoms with Gasteiger partial charge in [-0.2, -0.15) is 5.26 Å². The van der Waals surface area contributed by atoms with Crippen LogP contribution in [0.15, 0.2) is 12.3 Å². The van der Waals surface area contributed by atoms with Crippen LogP contribution in [0.4, 0.5) is 5.69 Å². The molecule has 0 aliphatic rings. The lowest BCUT2D eigenvalue weighted by molar-refractivity contribution is -0.385. The molecule has 0 bridgehead atoms. The van der Waals surface area contributed by atoms with Crippen molar-refractivity contribution in [1.29, 1.82) is 5.26 Å². The van der Waals surface area contributed by atoms with Crippen LogP contribution in [-0.4, -0.2) is 17.0 Å². The summed E-state index contributed by atoms with van der Waals surface area (Å²) in [7, 11) is 1.37. The Kier molecular flexibility index (Phi) is 3.20. The fraction of sp³-hybridized carbons (Fsp3) is 0.111. The minimum atomic E-state index is -0.593. The molecule has 0 fully saturated rings. The van der Waals surface area contributed by atoms with Gasteiger partial charge in [-0.3, -0.25) is 10.1 Å². The third-order valence-corrected chi connectivity index (χ3v) is 1.49. The van der Waals surface area contributed by atoms with E-state index in [0.29, 0.717) is 0 Å². The number of aromatic nitrogens is 1. The van der Waals surface area contributed by atoms with E-state index >= 15 is 0 Å². The first kappa shape index (κ1) is 10.5. The lowest BCUT2D eigenvalue weighted by Crippen LogP contribution is -1.95. The molecule has 6 nitrogen and oxygen atoms in total. The fourth-order valence-corrected chi connectivity index (χ4v) is 0.889. The third kappa shape index (κ3) is 2.42. The van der Waals surface area contributed by atoms with Crippen LogP contribution in [-0.2, 0) is 0 Å². The molecule has 0 saturated heterocycles. The number of rotatable bonds is 2. The van der Waals surface area contributed by atoms with E-state index in [9.17, 15) is 10.1 Å². The van der Waals surface area contributed by atoms with Crippen molar-refractivity contribution in [1.82, 2.24) is 4.98 Å². The van der Waals surface area contributed by atoms with Gasteiger partial charge in [0.05, 0.1) is 17.6 Å². The lowest BCUT2D eigenvalue weighted by atomic mass is 10.2. The van der Waals surface area contributed by atoms with E-state index in [0.717, 1.165) is 6.20 Å². The smallest absolute Gasteiger partial charge is 0.289 e. The molecule has 0 N–H and O–H groups in total. The Morgan fingerprint density at radius 1 is 1.67 bits per heavy atom. The molecular formula is C9H5N3O3. The summed E-state index contributed by atoms with van der Waals surface area (Å²) in [5.41, 5.74) is 0.0197. The van der Waals surface area contributed by atoms with Crippen LogP contribution in [0.5, 0.6) is 5.88 Å². The van der Waals surface area contributed by atoms with Gasteiger partial charge in [0.25, 0.3) is 5.69 Å². The number of nitrogens with zero attached hydrogens (tertiary/aromatic N) is 3. The second kappa shape index (κ2) is 4.58. The Morgan fingerprint density at radius 2 is 2.40 bits per heavy atom. The van der Waals surface area contributed by atoms with Crippen molar-refractivity contribution in [3.05, 3.63) is 27.9 Å². The van der Waals surface area contributed by atoms with Gasteiger partial charge in [-0.05, 0) is 5.92 Å². The first-order chi connectivity index (χ1) is 7.19. The Morgan fingerprint density at radius 3 is 2.93 bits per heavy atom. The van der Waals surface area contributed by atoms with E-state index in [4.69, 9.17) is 10.00 Å². The quantitative estimate of drug-likeness (QED) is 0.404. The molecule has 0 amide bonds. The molecule has 1 aromatic heterocycles. The summed E-state index contributed by atoms with van der Waals surface area (Å²) in [5.74, 6) is 4.68. The zero-order valence-corrected chi connectivity index (χ0v) is 7.72. The van der Waals surface area contributed by atoms with Crippen molar-refractivity contribution in [3.63, 3.8) is 0 Å². The first-order valence-electron chi connectivity index (χ1n) is 3.77. The number of hydrogen-bond acceptors (Lipinski definition) is 5. The maximum Gasteiger partial charge on any atom is 0.289 e. The number of nitro groups is 1. The molecule has 15 heavy (non-hydrogen) atoms. The van der Waals surface area contributed by atoms with Gasteiger partial charge in [-0.15, -0.1) is 0 Å². The molecule has 0 radical (unpaired) electrons. The highest BCUT2D eigenvalue weighted by Gasteiger charge is 2.10. The average molecular weight is 203 g/mol. The van der Waals surface area contributed by atoms with Gasteiger partial charge in [0.2, 0.25) is 5.88 Å². The standard InChI is InChI=1S/C9H5N3O3/c1-15-9-7(3-2-4-10)5-8(6-11-9)12(13)14/h5-6H,1H3. The minimum absolute atomic E-state index is 0.156. The molecule has 1 aromatic rings. The number of hydrogen-bond donors (Lipinski definition) is 0. The summed E-state index contributed by atoms with van der Waals surface area (Å²) >= 11 is 0. The Bertz CT molecular complexity index is 494. The van der Waals surface area contributed by atoms with E-state index in [1.54, 1.807) is 6.07 Å². The van der Waals surface area contributed by atoms with Gasteiger partial charge in [0.15, 0.2) is 6.07 Å². The summed E-state index contributed by atoms with van der Waals surface area (Å²) in [4.78, 5) is 13.5. The lowest BCUT2D eigenvalue weighted by Gasteiger charge is -2.00. The maximum absolute atomic E-state index is 10.4. The number of ether oxygens (including phenoxy) is 1. The molecule has 0 atom stereocenters. The topological polar surface area (TPSA) is 89.1 Å². The van der Waals surface area contributed by atoms with Crippen LogP contribution in [0.1, 0.15) is 5.56 Å². The predicted octanol–water partition coefficient (Wildman–Crippen LogP) is 0.873. The average Bonchev–Trinajstić information content (AvgIpc) is 2.25. The molecule has 0 aliphatic heterocycles. The van der Waals surface area contributed by atoms with E-state index in [2.05, 4.69) is 16.8 Å². The molecule has 6 heteroatoms. The fourth-order valence-electron chi connectivity index (χ4n) is 0.889. The summed E-state index contributed by atoms with van der Waals surface area (Å²) in [6.45, 7) is 0. The second-order valence-corrected chi connectivity index (χ2v) is 2.37. The molecular weight excluding hydrogens is 198 g/mol. The van der Waals surface area contributed by atoms with E-state index in [-0.39, 0.29) is 17.1 Å². The van der Waals surface area contributed by atoms with Gasteiger partial charge in [-0.1, -0.05) is 0 Å². The number of pyridine rings is 1. The van der Waals surface area contributed by atoms with Crippen molar-refractivity contribution >= 4 is 5.69 Å². The van der Waals surface area contributed by atoms with Crippen LogP contribution in [0.3, 0.4) is 0 Å². The van der Waals surface area contributed by atoms with Crippen molar-refractivity contribution < 1.29 is 9.66 Å². The number of methoxy groups -OCH3 is 1. The molecule has 0 aromatic carbocycles. The van der Waals surface area contributed by atoms with Crippen LogP contribution in [0.25, 0.3) is 0 Å². The zero-order chi connectivity index (χ0) is 11.3. The summed E-state index contributed by atoms with van der Waals surface area (Å²) < 4.78 is 4.83. The molecule has 0 spiro atoms. The van der Waals surface area contributed by atoms with Crippen molar-refractivity contribution in [3.8, 4) is 23.8 Å². The molecule has 1 rings (SSSR count). The van der Waals surface area contributed by atoms with Gasteiger partial charge >= 0.3 is 0 Å². The minimum Gasteiger partial charge on any atom is -0.480 e. The van der Waals surface area contributed by atoms with Gasteiger partial charge < -0.3 is 4.74 Å². The van der Waals surface area contributed by atoms with Crippen LogP contribution in [0.2, 0.25) is 0 Å². The summed E-state index contributed by atoms with van der Waals surface area (Å²) in [6, 6.07) is 2.81. The molecule has 0 unspecified atom stereocenters. The maximum atomic E-state index is 10.4. The molecule has 0 aliphatic carbocycles. The highest BCUT2D eigenvalue weighted by molar-refractivity contribution is 5.49. The van der Waals surface area contributed by atoms with Crippen molar-refractivity contribution in [2.45, 2.75) is 0 Å². The normalized spacial score (nSPS) is 8.27. The molecule has 74 valence electrons. The van der Waals surface area contributed by atoms with E-state index in [1.165, 1.54) is 13.2 Å². The highest BCUT2D eigenvalue weighted by atomic mass is 16.6. The van der Waals surface area contributed by atoms with Crippen molar-refractivity contribution in [2.75, 3.05) is 7.11 Å². The summed E-state index contributed by atoms with van der Waals surface area (Å²) in [6.07, 6.45) is 1.07.